The Labute approximate surface area is 131 Å². The summed E-state index contributed by atoms with van der Waals surface area (Å²) in [7, 11) is 0. The Hall–Kier alpha value is -0.770. The van der Waals surface area contributed by atoms with Crippen molar-refractivity contribution in [1.82, 2.24) is 10.6 Å². The highest BCUT2D eigenvalue weighted by atomic mass is 35.5. The lowest BCUT2D eigenvalue weighted by atomic mass is 10.1. The van der Waals surface area contributed by atoms with Crippen molar-refractivity contribution in [3.05, 3.63) is 33.8 Å². The van der Waals surface area contributed by atoms with Gasteiger partial charge in [0.2, 0.25) is 5.91 Å². The molecule has 2 unspecified atom stereocenters. The summed E-state index contributed by atoms with van der Waals surface area (Å²) in [6.45, 7) is 6.60. The number of hydrogen-bond donors (Lipinski definition) is 2. The van der Waals surface area contributed by atoms with Crippen molar-refractivity contribution in [2.24, 2.45) is 0 Å². The number of halogens is 2. The number of carbonyl (C=O) groups is 1. The molecule has 1 aromatic carbocycles. The molecular formula is C15H22Cl2N2O. The third kappa shape index (κ3) is 5.70. The molecule has 2 atom stereocenters. The van der Waals surface area contributed by atoms with Gasteiger partial charge < -0.3 is 10.6 Å². The van der Waals surface area contributed by atoms with Gasteiger partial charge >= 0.3 is 0 Å². The molecule has 1 rings (SSSR count). The first-order valence-corrected chi connectivity index (χ1v) is 7.67. The fourth-order valence-electron chi connectivity index (χ4n) is 1.71. The monoisotopic (exact) mass is 316 g/mol. The molecule has 3 nitrogen and oxygen atoms in total. The van der Waals surface area contributed by atoms with Gasteiger partial charge in [0.15, 0.2) is 0 Å². The molecule has 0 spiro atoms. The van der Waals surface area contributed by atoms with E-state index >= 15 is 0 Å². The predicted octanol–water partition coefficient (Wildman–Crippen LogP) is 3.43. The van der Waals surface area contributed by atoms with Gasteiger partial charge in [-0.25, -0.2) is 0 Å². The van der Waals surface area contributed by atoms with Gasteiger partial charge in [0.1, 0.15) is 0 Å². The molecule has 0 saturated heterocycles. The maximum Gasteiger partial charge on any atom is 0.237 e. The molecule has 0 aliphatic rings. The van der Waals surface area contributed by atoms with E-state index in [1.807, 2.05) is 32.9 Å². The molecule has 1 aromatic rings. The van der Waals surface area contributed by atoms with Crippen molar-refractivity contribution < 1.29 is 4.79 Å². The highest BCUT2D eigenvalue weighted by Crippen LogP contribution is 2.21. The van der Waals surface area contributed by atoms with E-state index in [4.69, 9.17) is 23.2 Å². The van der Waals surface area contributed by atoms with Crippen molar-refractivity contribution in [1.29, 1.82) is 0 Å². The number of carbonyl (C=O) groups excluding carboxylic acids is 1. The molecule has 20 heavy (non-hydrogen) atoms. The standard InChI is InChI=1S/C15H22Cl2N2O/c1-4-10(2)19-15(20)11(3)18-8-7-12-5-6-13(16)9-14(12)17/h5-6,9-11,18H,4,7-8H2,1-3H3,(H,19,20). The van der Waals surface area contributed by atoms with E-state index in [0.717, 1.165) is 18.4 Å². The number of amides is 1. The molecule has 0 bridgehead atoms. The Morgan fingerprint density at radius 1 is 1.30 bits per heavy atom. The minimum absolute atomic E-state index is 0.0292. The Kier molecular flexibility index (Phi) is 7.35. The average molecular weight is 317 g/mol. The van der Waals surface area contributed by atoms with E-state index in [0.29, 0.717) is 16.6 Å². The van der Waals surface area contributed by atoms with E-state index in [2.05, 4.69) is 10.6 Å². The van der Waals surface area contributed by atoms with E-state index in [1.54, 1.807) is 6.07 Å². The Balaban J connectivity index is 2.38. The van der Waals surface area contributed by atoms with Crippen molar-refractivity contribution in [3.8, 4) is 0 Å². The number of nitrogens with one attached hydrogen (secondary N) is 2. The van der Waals surface area contributed by atoms with Crippen molar-refractivity contribution >= 4 is 29.1 Å². The van der Waals surface area contributed by atoms with Crippen molar-refractivity contribution in [2.75, 3.05) is 6.54 Å². The SMILES string of the molecule is CCC(C)NC(=O)C(C)NCCc1ccc(Cl)cc1Cl. The van der Waals surface area contributed by atoms with Crippen LogP contribution in [0.2, 0.25) is 10.0 Å². The van der Waals surface area contributed by atoms with Gasteiger partial charge in [-0.15, -0.1) is 0 Å². The quantitative estimate of drug-likeness (QED) is 0.809. The topological polar surface area (TPSA) is 41.1 Å². The molecular weight excluding hydrogens is 295 g/mol. The van der Waals surface area contributed by atoms with Crippen LogP contribution in [0.4, 0.5) is 0 Å². The molecule has 0 aromatic heterocycles. The fourth-order valence-corrected chi connectivity index (χ4v) is 2.21. The third-order valence-electron chi connectivity index (χ3n) is 3.25. The summed E-state index contributed by atoms with van der Waals surface area (Å²) < 4.78 is 0. The van der Waals surface area contributed by atoms with Gasteiger partial charge in [0.05, 0.1) is 6.04 Å². The lowest BCUT2D eigenvalue weighted by molar-refractivity contribution is -0.123. The number of hydrogen-bond acceptors (Lipinski definition) is 2. The fraction of sp³-hybridized carbons (Fsp3) is 0.533. The second kappa shape index (κ2) is 8.50. The van der Waals surface area contributed by atoms with Crippen LogP contribution >= 0.6 is 23.2 Å². The molecule has 0 aliphatic heterocycles. The zero-order valence-corrected chi connectivity index (χ0v) is 13.7. The Morgan fingerprint density at radius 2 is 2.00 bits per heavy atom. The van der Waals surface area contributed by atoms with Crippen LogP contribution in [0.25, 0.3) is 0 Å². The van der Waals surface area contributed by atoms with Gasteiger partial charge in [-0.05, 0) is 50.9 Å². The van der Waals surface area contributed by atoms with Crippen molar-refractivity contribution in [2.45, 2.75) is 45.7 Å². The molecule has 2 N–H and O–H groups in total. The lowest BCUT2D eigenvalue weighted by Crippen LogP contribution is -2.45. The summed E-state index contributed by atoms with van der Waals surface area (Å²) in [4.78, 5) is 11.8. The molecule has 0 radical (unpaired) electrons. The maximum atomic E-state index is 11.8. The van der Waals surface area contributed by atoms with Gasteiger partial charge in [-0.3, -0.25) is 4.79 Å². The smallest absolute Gasteiger partial charge is 0.237 e. The van der Waals surface area contributed by atoms with E-state index in [9.17, 15) is 4.79 Å². The number of rotatable bonds is 7. The van der Waals surface area contributed by atoms with Crippen LogP contribution in [0, 0.1) is 0 Å². The van der Waals surface area contributed by atoms with Crippen LogP contribution < -0.4 is 10.6 Å². The predicted molar refractivity (Wildman–Crippen MR) is 85.5 cm³/mol. The molecule has 5 heteroatoms. The van der Waals surface area contributed by atoms with Crippen LogP contribution in [-0.4, -0.2) is 24.5 Å². The van der Waals surface area contributed by atoms with Crippen LogP contribution in [0.3, 0.4) is 0 Å². The first-order chi connectivity index (χ1) is 9.43. The largest absolute Gasteiger partial charge is 0.352 e. The van der Waals surface area contributed by atoms with Crippen molar-refractivity contribution in [3.63, 3.8) is 0 Å². The van der Waals surface area contributed by atoms with E-state index in [1.165, 1.54) is 0 Å². The van der Waals surface area contributed by atoms with Gasteiger partial charge in [0, 0.05) is 16.1 Å². The molecule has 112 valence electrons. The summed E-state index contributed by atoms with van der Waals surface area (Å²) in [6.07, 6.45) is 1.69. The lowest BCUT2D eigenvalue weighted by Gasteiger charge is -2.17. The average Bonchev–Trinajstić information content (AvgIpc) is 2.40. The minimum atomic E-state index is -0.213. The molecule has 0 saturated carbocycles. The van der Waals surface area contributed by atoms with E-state index < -0.39 is 0 Å². The second-order valence-electron chi connectivity index (χ2n) is 4.98. The summed E-state index contributed by atoms with van der Waals surface area (Å²) in [5.41, 5.74) is 1.03. The second-order valence-corrected chi connectivity index (χ2v) is 5.82. The Morgan fingerprint density at radius 3 is 2.60 bits per heavy atom. The first kappa shape index (κ1) is 17.3. The number of benzene rings is 1. The van der Waals surface area contributed by atoms with Crippen LogP contribution in [0.5, 0.6) is 0 Å². The van der Waals surface area contributed by atoms with Gasteiger partial charge in [-0.2, -0.15) is 0 Å². The third-order valence-corrected chi connectivity index (χ3v) is 3.84. The maximum absolute atomic E-state index is 11.8. The summed E-state index contributed by atoms with van der Waals surface area (Å²) >= 11 is 12.0. The van der Waals surface area contributed by atoms with E-state index in [-0.39, 0.29) is 18.0 Å². The molecule has 0 aliphatic carbocycles. The van der Waals surface area contributed by atoms with Gasteiger partial charge in [-0.1, -0.05) is 36.2 Å². The molecule has 1 amide bonds. The van der Waals surface area contributed by atoms with Crippen LogP contribution in [0.15, 0.2) is 18.2 Å². The normalized spacial score (nSPS) is 13.8. The zero-order chi connectivity index (χ0) is 15.1. The van der Waals surface area contributed by atoms with Crippen LogP contribution in [-0.2, 0) is 11.2 Å². The van der Waals surface area contributed by atoms with Crippen LogP contribution in [0.1, 0.15) is 32.8 Å². The zero-order valence-electron chi connectivity index (χ0n) is 12.2. The summed E-state index contributed by atoms with van der Waals surface area (Å²) in [5.74, 6) is 0.0292. The summed E-state index contributed by atoms with van der Waals surface area (Å²) in [6, 6.07) is 5.46. The molecule has 0 fully saturated rings. The van der Waals surface area contributed by atoms with Gasteiger partial charge in [0.25, 0.3) is 0 Å². The minimum Gasteiger partial charge on any atom is -0.352 e. The first-order valence-electron chi connectivity index (χ1n) is 6.91. The highest BCUT2D eigenvalue weighted by molar-refractivity contribution is 6.35. The molecule has 0 heterocycles. The highest BCUT2D eigenvalue weighted by Gasteiger charge is 2.13. The summed E-state index contributed by atoms with van der Waals surface area (Å²) in [5, 5.41) is 7.45. The Bertz CT molecular complexity index is 451.